The van der Waals surface area contributed by atoms with Crippen LogP contribution in [0.15, 0.2) is 71.6 Å². The molecule has 0 saturated heterocycles. The summed E-state index contributed by atoms with van der Waals surface area (Å²) in [6.45, 7) is 6.37. The quantitative estimate of drug-likeness (QED) is 0.586. The fourth-order valence-corrected chi connectivity index (χ4v) is 4.85. The molecule has 2 unspecified atom stereocenters. The smallest absolute Gasteiger partial charge is 0.336 e. The number of Topliss-reactive ketones (excluding diaryl/α,β-unsaturated/α-hetero) is 1. The zero-order valence-electron chi connectivity index (χ0n) is 19.3. The number of fused-ring (bicyclic) bond motifs is 1. The van der Waals surface area contributed by atoms with E-state index in [0.717, 1.165) is 16.8 Å². The monoisotopic (exact) mass is 465 g/mol. The van der Waals surface area contributed by atoms with Crippen molar-refractivity contribution in [3.63, 3.8) is 0 Å². The number of ether oxygens (including phenoxy) is 2. The molecule has 5 nitrogen and oxygen atoms in total. The van der Waals surface area contributed by atoms with Crippen LogP contribution in [0.1, 0.15) is 44.2 Å². The Kier molecular flexibility index (Phi) is 6.35. The van der Waals surface area contributed by atoms with Crippen molar-refractivity contribution in [2.24, 2.45) is 11.3 Å². The van der Waals surface area contributed by atoms with Gasteiger partial charge in [0.1, 0.15) is 18.1 Å². The minimum atomic E-state index is -0.448. The molecule has 1 aliphatic carbocycles. The highest BCUT2D eigenvalue weighted by Gasteiger charge is 2.46. The fraction of sp³-hybridized carbons (Fsp3) is 0.333. The Labute approximate surface area is 199 Å². The van der Waals surface area contributed by atoms with Crippen molar-refractivity contribution in [1.82, 2.24) is 5.32 Å². The van der Waals surface area contributed by atoms with Crippen LogP contribution in [0.4, 0.5) is 0 Å². The van der Waals surface area contributed by atoms with Gasteiger partial charge in [-0.1, -0.05) is 55.8 Å². The SMILES string of the molecule is COC(=O)C1=C(C)NC2=CC(C)(C)CC(=O)C2C1c1ccc(OCc2ccc(Cl)cc2)cc1. The summed E-state index contributed by atoms with van der Waals surface area (Å²) in [5.74, 6) is -0.470. The molecular weight excluding hydrogens is 438 g/mol. The Morgan fingerprint density at radius 3 is 2.39 bits per heavy atom. The largest absolute Gasteiger partial charge is 0.489 e. The molecule has 1 N–H and O–H groups in total. The summed E-state index contributed by atoms with van der Waals surface area (Å²) in [6, 6.07) is 15.1. The average Bonchev–Trinajstić information content (AvgIpc) is 2.77. The van der Waals surface area contributed by atoms with Crippen LogP contribution in [0.2, 0.25) is 5.02 Å². The van der Waals surface area contributed by atoms with Crippen LogP contribution >= 0.6 is 11.6 Å². The van der Waals surface area contributed by atoms with Crippen molar-refractivity contribution < 1.29 is 19.1 Å². The number of carbonyl (C=O) groups is 2. The summed E-state index contributed by atoms with van der Waals surface area (Å²) in [5, 5.41) is 3.99. The number of methoxy groups -OCH3 is 1. The second-order valence-corrected chi connectivity index (χ2v) is 9.76. The van der Waals surface area contributed by atoms with Crippen LogP contribution in [0.5, 0.6) is 5.75 Å². The molecule has 1 aliphatic heterocycles. The Morgan fingerprint density at radius 2 is 1.76 bits per heavy atom. The highest BCUT2D eigenvalue weighted by atomic mass is 35.5. The van der Waals surface area contributed by atoms with Gasteiger partial charge in [0.25, 0.3) is 0 Å². The Hall–Kier alpha value is -3.05. The van der Waals surface area contributed by atoms with Gasteiger partial charge in [0.2, 0.25) is 0 Å². The van der Waals surface area contributed by atoms with E-state index in [9.17, 15) is 9.59 Å². The molecule has 2 atom stereocenters. The summed E-state index contributed by atoms with van der Waals surface area (Å²) in [6.07, 6.45) is 2.54. The predicted octanol–water partition coefficient (Wildman–Crippen LogP) is 5.55. The van der Waals surface area contributed by atoms with Crippen molar-refractivity contribution in [2.45, 2.75) is 39.7 Å². The summed E-state index contributed by atoms with van der Waals surface area (Å²) in [7, 11) is 1.37. The maximum atomic E-state index is 13.3. The Bertz CT molecular complexity index is 1130. The molecular formula is C27H28ClNO4. The summed E-state index contributed by atoms with van der Waals surface area (Å²) < 4.78 is 11.0. The number of carbonyl (C=O) groups excluding carboxylic acids is 2. The van der Waals surface area contributed by atoms with Crippen LogP contribution in [-0.4, -0.2) is 18.9 Å². The number of ketones is 1. The van der Waals surface area contributed by atoms with Gasteiger partial charge in [-0.15, -0.1) is 0 Å². The van der Waals surface area contributed by atoms with E-state index in [4.69, 9.17) is 21.1 Å². The molecule has 172 valence electrons. The van der Waals surface area contributed by atoms with Crippen LogP contribution in [-0.2, 0) is 20.9 Å². The molecule has 0 spiro atoms. The zero-order valence-corrected chi connectivity index (χ0v) is 20.0. The van der Waals surface area contributed by atoms with Gasteiger partial charge in [-0.05, 0) is 47.7 Å². The molecule has 0 bridgehead atoms. The van der Waals surface area contributed by atoms with E-state index in [-0.39, 0.29) is 11.2 Å². The van der Waals surface area contributed by atoms with Gasteiger partial charge in [0.05, 0.1) is 18.6 Å². The van der Waals surface area contributed by atoms with Crippen molar-refractivity contribution >= 4 is 23.4 Å². The lowest BCUT2D eigenvalue weighted by Crippen LogP contribution is -2.43. The first-order chi connectivity index (χ1) is 15.7. The Morgan fingerprint density at radius 1 is 1.09 bits per heavy atom. The third-order valence-electron chi connectivity index (χ3n) is 6.20. The molecule has 0 amide bonds. The number of hydrogen-bond donors (Lipinski definition) is 1. The van der Waals surface area contributed by atoms with E-state index in [2.05, 4.69) is 11.4 Å². The second kappa shape index (κ2) is 9.06. The number of nitrogens with one attached hydrogen (secondary N) is 1. The number of halogens is 1. The first kappa shape index (κ1) is 23.1. The van der Waals surface area contributed by atoms with Crippen LogP contribution < -0.4 is 10.1 Å². The normalized spacial score (nSPS) is 21.6. The molecule has 2 aromatic rings. The van der Waals surface area contributed by atoms with E-state index < -0.39 is 17.8 Å². The molecule has 0 fully saturated rings. The van der Waals surface area contributed by atoms with E-state index >= 15 is 0 Å². The molecule has 0 saturated carbocycles. The lowest BCUT2D eigenvalue weighted by molar-refractivity contribution is -0.136. The predicted molar refractivity (Wildman–Crippen MR) is 128 cm³/mol. The first-order valence-electron chi connectivity index (χ1n) is 11.0. The van der Waals surface area contributed by atoms with E-state index in [1.807, 2.05) is 69.3 Å². The van der Waals surface area contributed by atoms with Gasteiger partial charge in [-0.2, -0.15) is 0 Å². The number of esters is 1. The lowest BCUT2D eigenvalue weighted by atomic mass is 9.66. The molecule has 0 radical (unpaired) electrons. The highest BCUT2D eigenvalue weighted by Crippen LogP contribution is 2.47. The summed E-state index contributed by atoms with van der Waals surface area (Å²) in [4.78, 5) is 26.0. The summed E-state index contributed by atoms with van der Waals surface area (Å²) in [5.41, 5.74) is 3.71. The number of benzene rings is 2. The van der Waals surface area contributed by atoms with E-state index in [1.54, 1.807) is 0 Å². The molecule has 1 heterocycles. The molecule has 6 heteroatoms. The molecule has 2 aromatic carbocycles. The second-order valence-electron chi connectivity index (χ2n) is 9.33. The zero-order chi connectivity index (χ0) is 23.8. The maximum Gasteiger partial charge on any atom is 0.336 e. The van der Waals surface area contributed by atoms with Crippen molar-refractivity contribution in [3.8, 4) is 5.75 Å². The first-order valence-corrected chi connectivity index (χ1v) is 11.3. The van der Waals surface area contributed by atoms with Crippen LogP contribution in [0, 0.1) is 11.3 Å². The van der Waals surface area contributed by atoms with Crippen molar-refractivity contribution in [3.05, 3.63) is 87.7 Å². The van der Waals surface area contributed by atoms with E-state index in [0.29, 0.717) is 35.1 Å². The topological polar surface area (TPSA) is 64.6 Å². The maximum absolute atomic E-state index is 13.3. The third kappa shape index (κ3) is 4.83. The lowest BCUT2D eigenvalue weighted by Gasteiger charge is -2.41. The number of rotatable bonds is 5. The molecule has 2 aliphatic rings. The molecule has 0 aromatic heterocycles. The Balaban J connectivity index is 1.65. The van der Waals surface area contributed by atoms with Gasteiger partial charge in [0, 0.05) is 28.8 Å². The number of hydrogen-bond acceptors (Lipinski definition) is 5. The average molecular weight is 466 g/mol. The standard InChI is InChI=1S/C27H28ClNO4/c1-16-23(26(31)32-4)24(25-21(29-16)13-27(2,3)14-22(25)30)18-7-11-20(12-8-18)33-15-17-5-9-19(28)10-6-17/h5-13,24-25,29H,14-15H2,1-4H3. The van der Waals surface area contributed by atoms with Gasteiger partial charge >= 0.3 is 5.97 Å². The van der Waals surface area contributed by atoms with Gasteiger partial charge in [-0.25, -0.2) is 4.79 Å². The molecule has 33 heavy (non-hydrogen) atoms. The third-order valence-corrected chi connectivity index (χ3v) is 6.45. The van der Waals surface area contributed by atoms with Crippen molar-refractivity contribution in [2.75, 3.05) is 7.11 Å². The number of allylic oxidation sites excluding steroid dienone is 3. The van der Waals surface area contributed by atoms with Gasteiger partial charge in [0.15, 0.2) is 0 Å². The van der Waals surface area contributed by atoms with E-state index in [1.165, 1.54) is 7.11 Å². The van der Waals surface area contributed by atoms with Crippen molar-refractivity contribution in [1.29, 1.82) is 0 Å². The fourth-order valence-electron chi connectivity index (χ4n) is 4.73. The van der Waals surface area contributed by atoms with Gasteiger partial charge < -0.3 is 14.8 Å². The van der Waals surface area contributed by atoms with Crippen LogP contribution in [0.25, 0.3) is 0 Å². The minimum Gasteiger partial charge on any atom is -0.489 e. The molecule has 4 rings (SSSR count). The summed E-state index contributed by atoms with van der Waals surface area (Å²) >= 11 is 5.94. The minimum absolute atomic E-state index is 0.118. The van der Waals surface area contributed by atoms with Gasteiger partial charge in [-0.3, -0.25) is 4.79 Å². The van der Waals surface area contributed by atoms with Crippen LogP contribution in [0.3, 0.4) is 0 Å². The highest BCUT2D eigenvalue weighted by molar-refractivity contribution is 6.30.